The van der Waals surface area contributed by atoms with Gasteiger partial charge in [-0.2, -0.15) is 0 Å². The van der Waals surface area contributed by atoms with Gasteiger partial charge in [0, 0.05) is 5.69 Å². The Morgan fingerprint density at radius 3 is 2.81 bits per heavy atom. The molecule has 0 unspecified atom stereocenters. The summed E-state index contributed by atoms with van der Waals surface area (Å²) in [5.74, 6) is 0.944. The second-order valence-corrected chi connectivity index (χ2v) is 4.78. The van der Waals surface area contributed by atoms with Crippen molar-refractivity contribution in [2.24, 2.45) is 0 Å². The summed E-state index contributed by atoms with van der Waals surface area (Å²) in [4.78, 5) is 12.4. The average molecular weight is 285 g/mol. The van der Waals surface area contributed by atoms with Crippen molar-refractivity contribution in [3.05, 3.63) is 47.5 Å². The van der Waals surface area contributed by atoms with Crippen molar-refractivity contribution in [1.82, 2.24) is 0 Å². The van der Waals surface area contributed by atoms with E-state index in [1.807, 2.05) is 6.92 Å². The number of carbonyl (C=O) groups is 1. The monoisotopic (exact) mass is 285 g/mol. The first kappa shape index (κ1) is 13.3. The lowest BCUT2D eigenvalue weighted by molar-refractivity contribution is 0.101. The number of phenols is 1. The summed E-state index contributed by atoms with van der Waals surface area (Å²) in [6.45, 7) is 2.72. The van der Waals surface area contributed by atoms with E-state index in [1.165, 1.54) is 6.07 Å². The Balaban J connectivity index is 1.89. The summed E-state index contributed by atoms with van der Waals surface area (Å²) in [5.41, 5.74) is 1.86. The van der Waals surface area contributed by atoms with E-state index in [1.54, 1.807) is 30.3 Å². The van der Waals surface area contributed by atoms with E-state index in [9.17, 15) is 9.90 Å². The highest BCUT2D eigenvalue weighted by molar-refractivity contribution is 6.07. The normalized spacial score (nSPS) is 12.8. The van der Waals surface area contributed by atoms with Gasteiger partial charge in [0.2, 0.25) is 0 Å². The van der Waals surface area contributed by atoms with Crippen LogP contribution in [0.1, 0.15) is 15.9 Å². The fourth-order valence-corrected chi connectivity index (χ4v) is 2.23. The van der Waals surface area contributed by atoms with Crippen molar-refractivity contribution >= 4 is 11.6 Å². The molecular weight excluding hydrogens is 270 g/mol. The summed E-state index contributed by atoms with van der Waals surface area (Å²) in [7, 11) is 0. The predicted molar refractivity (Wildman–Crippen MR) is 78.2 cm³/mol. The first-order valence-electron chi connectivity index (χ1n) is 6.65. The lowest BCUT2D eigenvalue weighted by atomic mass is 10.1. The number of para-hydroxylation sites is 1. The molecule has 2 aromatic carbocycles. The maximum atomic E-state index is 12.4. The molecule has 0 atom stereocenters. The van der Waals surface area contributed by atoms with Gasteiger partial charge in [-0.1, -0.05) is 6.07 Å². The Hall–Kier alpha value is -2.69. The van der Waals surface area contributed by atoms with Gasteiger partial charge in [-0.15, -0.1) is 0 Å². The fourth-order valence-electron chi connectivity index (χ4n) is 2.23. The Labute approximate surface area is 122 Å². The summed E-state index contributed by atoms with van der Waals surface area (Å²) < 4.78 is 11.0. The lowest BCUT2D eigenvalue weighted by Crippen LogP contribution is -2.20. The number of nitrogens with one attached hydrogen (secondary N) is 1. The molecule has 0 aromatic heterocycles. The van der Waals surface area contributed by atoms with Gasteiger partial charge in [0.05, 0.1) is 5.56 Å². The average Bonchev–Trinajstić information content (AvgIpc) is 2.49. The van der Waals surface area contributed by atoms with Crippen LogP contribution in [0.2, 0.25) is 0 Å². The van der Waals surface area contributed by atoms with Gasteiger partial charge in [-0.3, -0.25) is 4.79 Å². The topological polar surface area (TPSA) is 67.8 Å². The number of benzene rings is 2. The maximum absolute atomic E-state index is 12.4. The molecule has 21 heavy (non-hydrogen) atoms. The molecule has 108 valence electrons. The van der Waals surface area contributed by atoms with Gasteiger partial charge < -0.3 is 19.9 Å². The van der Waals surface area contributed by atoms with Gasteiger partial charge in [0.15, 0.2) is 11.5 Å². The van der Waals surface area contributed by atoms with Crippen LogP contribution < -0.4 is 14.8 Å². The summed E-state index contributed by atoms with van der Waals surface area (Å²) in [6, 6.07) is 10.0. The minimum absolute atomic E-state index is 0.166. The van der Waals surface area contributed by atoms with Gasteiger partial charge in [0.1, 0.15) is 19.0 Å². The first-order chi connectivity index (χ1) is 10.1. The number of phenolic OH excluding ortho intramolecular Hbond substituents is 1. The standard InChI is InChI=1S/C16H15NO4/c1-10-9-11(18)5-6-13(10)17-16(19)12-3-2-4-14-15(12)21-8-7-20-14/h2-6,9,18H,7-8H2,1H3,(H,17,19). The van der Waals surface area contributed by atoms with Gasteiger partial charge in [-0.05, 0) is 42.8 Å². The van der Waals surface area contributed by atoms with Crippen molar-refractivity contribution in [2.75, 3.05) is 18.5 Å². The van der Waals surface area contributed by atoms with E-state index < -0.39 is 0 Å². The van der Waals surface area contributed by atoms with Crippen LogP contribution in [0.4, 0.5) is 5.69 Å². The van der Waals surface area contributed by atoms with Crippen LogP contribution >= 0.6 is 0 Å². The third kappa shape index (κ3) is 2.63. The highest BCUT2D eigenvalue weighted by Gasteiger charge is 2.20. The van der Waals surface area contributed by atoms with Crippen LogP contribution in [-0.2, 0) is 0 Å². The molecule has 5 heteroatoms. The second kappa shape index (κ2) is 5.36. The molecule has 1 amide bonds. The van der Waals surface area contributed by atoms with Crippen molar-refractivity contribution < 1.29 is 19.4 Å². The molecule has 1 aliphatic rings. The highest BCUT2D eigenvalue weighted by Crippen LogP contribution is 2.34. The minimum atomic E-state index is -0.272. The highest BCUT2D eigenvalue weighted by atomic mass is 16.6. The number of rotatable bonds is 2. The maximum Gasteiger partial charge on any atom is 0.259 e. The molecule has 5 nitrogen and oxygen atoms in total. The summed E-state index contributed by atoms with van der Waals surface area (Å²) in [6.07, 6.45) is 0. The Bertz CT molecular complexity index is 697. The zero-order valence-electron chi connectivity index (χ0n) is 11.6. The van der Waals surface area contributed by atoms with Crippen LogP contribution in [-0.4, -0.2) is 24.2 Å². The molecule has 0 aliphatic carbocycles. The van der Waals surface area contributed by atoms with Crippen LogP contribution in [0.15, 0.2) is 36.4 Å². The molecule has 0 saturated carbocycles. The minimum Gasteiger partial charge on any atom is -0.508 e. The Morgan fingerprint density at radius 2 is 2.00 bits per heavy atom. The first-order valence-corrected chi connectivity index (χ1v) is 6.65. The number of hydrogen-bond acceptors (Lipinski definition) is 4. The van der Waals surface area contributed by atoms with E-state index in [0.717, 1.165) is 5.56 Å². The number of ether oxygens (including phenoxy) is 2. The summed E-state index contributed by atoms with van der Waals surface area (Å²) >= 11 is 0. The van der Waals surface area contributed by atoms with E-state index in [0.29, 0.717) is 36.0 Å². The van der Waals surface area contributed by atoms with E-state index in [4.69, 9.17) is 9.47 Å². The van der Waals surface area contributed by atoms with E-state index >= 15 is 0 Å². The number of carbonyl (C=O) groups excluding carboxylic acids is 1. The zero-order valence-corrected chi connectivity index (χ0v) is 11.6. The molecule has 0 fully saturated rings. The van der Waals surface area contributed by atoms with Crippen molar-refractivity contribution in [1.29, 1.82) is 0 Å². The quantitative estimate of drug-likeness (QED) is 0.832. The molecule has 0 bridgehead atoms. The lowest BCUT2D eigenvalue weighted by Gasteiger charge is -2.20. The van der Waals surface area contributed by atoms with Crippen LogP contribution in [0.25, 0.3) is 0 Å². The Morgan fingerprint density at radius 1 is 1.19 bits per heavy atom. The number of fused-ring (bicyclic) bond motifs is 1. The molecular formula is C16H15NO4. The number of hydrogen-bond donors (Lipinski definition) is 2. The Kier molecular flexibility index (Phi) is 3.39. The van der Waals surface area contributed by atoms with Gasteiger partial charge in [-0.25, -0.2) is 0 Å². The molecule has 0 spiro atoms. The molecule has 1 heterocycles. The number of amides is 1. The molecule has 1 aliphatic heterocycles. The van der Waals surface area contributed by atoms with Gasteiger partial charge in [0.25, 0.3) is 5.91 Å². The molecule has 2 N–H and O–H groups in total. The van der Waals surface area contributed by atoms with Gasteiger partial charge >= 0.3 is 0 Å². The molecule has 0 radical (unpaired) electrons. The molecule has 2 aromatic rings. The van der Waals surface area contributed by atoms with Crippen molar-refractivity contribution in [3.8, 4) is 17.2 Å². The largest absolute Gasteiger partial charge is 0.508 e. The number of anilines is 1. The van der Waals surface area contributed by atoms with E-state index in [-0.39, 0.29) is 11.7 Å². The fraction of sp³-hybridized carbons (Fsp3) is 0.188. The molecule has 3 rings (SSSR count). The van der Waals surface area contributed by atoms with Crippen LogP contribution in [0.3, 0.4) is 0 Å². The second-order valence-electron chi connectivity index (χ2n) is 4.78. The third-order valence-corrected chi connectivity index (χ3v) is 3.27. The van der Waals surface area contributed by atoms with Crippen LogP contribution in [0.5, 0.6) is 17.2 Å². The van der Waals surface area contributed by atoms with Crippen molar-refractivity contribution in [3.63, 3.8) is 0 Å². The smallest absolute Gasteiger partial charge is 0.259 e. The predicted octanol–water partition coefficient (Wildman–Crippen LogP) is 2.72. The van der Waals surface area contributed by atoms with Crippen LogP contribution in [0, 0.1) is 6.92 Å². The number of aryl methyl sites for hydroxylation is 1. The third-order valence-electron chi connectivity index (χ3n) is 3.27. The molecule has 0 saturated heterocycles. The van der Waals surface area contributed by atoms with Crippen molar-refractivity contribution in [2.45, 2.75) is 6.92 Å². The number of aromatic hydroxyl groups is 1. The summed E-state index contributed by atoms with van der Waals surface area (Å²) in [5, 5.41) is 12.2. The zero-order chi connectivity index (χ0) is 14.8. The van der Waals surface area contributed by atoms with E-state index in [2.05, 4.69) is 5.32 Å². The SMILES string of the molecule is Cc1cc(O)ccc1NC(=O)c1cccc2c1OCCO2.